The molecule has 0 aliphatic rings. The van der Waals surface area contributed by atoms with Gasteiger partial charge in [0.25, 0.3) is 0 Å². The van der Waals surface area contributed by atoms with Crippen molar-refractivity contribution in [2.45, 2.75) is 6.54 Å². The summed E-state index contributed by atoms with van der Waals surface area (Å²) in [6.45, 7) is 0.656. The number of carboxylic acid groups (broad SMARTS) is 2. The first kappa shape index (κ1) is 24.0. The van der Waals surface area contributed by atoms with Crippen molar-refractivity contribution in [2.24, 2.45) is 0 Å². The second kappa shape index (κ2) is 12.4. The summed E-state index contributed by atoms with van der Waals surface area (Å²) in [4.78, 5) is 19.1. The first-order valence-corrected chi connectivity index (χ1v) is 8.56. The van der Waals surface area contributed by atoms with Crippen molar-refractivity contribution in [1.82, 2.24) is 5.32 Å². The Morgan fingerprint density at radius 3 is 2.23 bits per heavy atom. The van der Waals surface area contributed by atoms with Crippen LogP contribution >= 0.6 is 0 Å². The number of methoxy groups -OCH3 is 2. The van der Waals surface area contributed by atoms with Gasteiger partial charge in [-0.25, -0.2) is 9.59 Å². The molecular weight excluding hydrogens is 392 g/mol. The highest BCUT2D eigenvalue weighted by molar-refractivity contribution is 5.89. The van der Waals surface area contributed by atoms with Gasteiger partial charge in [0.15, 0.2) is 11.5 Å². The van der Waals surface area contributed by atoms with Gasteiger partial charge in [0, 0.05) is 30.3 Å². The van der Waals surface area contributed by atoms with Gasteiger partial charge in [-0.15, -0.1) is 0 Å². The van der Waals surface area contributed by atoms with E-state index in [0.717, 1.165) is 5.56 Å². The molecule has 0 amide bonds. The van der Waals surface area contributed by atoms with Crippen molar-refractivity contribution in [3.05, 3.63) is 59.7 Å². The Hall–Kier alpha value is -4.03. The first-order valence-electron chi connectivity index (χ1n) is 8.56. The molecule has 0 fully saturated rings. The van der Waals surface area contributed by atoms with E-state index in [1.807, 2.05) is 19.2 Å². The zero-order valence-electron chi connectivity index (χ0n) is 16.7. The van der Waals surface area contributed by atoms with E-state index >= 15 is 0 Å². The molecule has 0 saturated heterocycles. The highest BCUT2D eigenvalue weighted by Crippen LogP contribution is 2.36. The third-order valence-corrected chi connectivity index (χ3v) is 3.53. The van der Waals surface area contributed by atoms with Gasteiger partial charge < -0.3 is 29.7 Å². The molecule has 2 aromatic rings. The predicted octanol–water partition coefficient (Wildman–Crippen LogP) is 2.80. The number of nitrogens with one attached hydrogen (secondary N) is 1. The van der Waals surface area contributed by atoms with Crippen LogP contribution in [0.15, 0.2) is 48.6 Å². The smallest absolute Gasteiger partial charge is 0.328 e. The molecule has 2 aromatic carbocycles. The summed E-state index contributed by atoms with van der Waals surface area (Å²) in [6.07, 6.45) is 1.12. The maximum absolute atomic E-state index is 9.55. The van der Waals surface area contributed by atoms with E-state index < -0.39 is 11.9 Å². The molecule has 0 saturated carbocycles. The number of carboxylic acids is 2. The monoisotopic (exact) mass is 414 g/mol. The number of ether oxygens (including phenoxy) is 3. The first-order chi connectivity index (χ1) is 14.4. The molecule has 0 aromatic heterocycles. The van der Waals surface area contributed by atoms with Crippen molar-refractivity contribution in [3.63, 3.8) is 0 Å². The molecule has 0 radical (unpaired) electrons. The van der Waals surface area contributed by atoms with E-state index in [2.05, 4.69) is 11.4 Å². The number of hydrogen-bond donors (Lipinski definition) is 3. The normalized spacial score (nSPS) is 9.80. The third kappa shape index (κ3) is 7.53. The molecule has 0 unspecified atom stereocenters. The van der Waals surface area contributed by atoms with Crippen LogP contribution in [0.4, 0.5) is 0 Å². The SMILES string of the molecule is CNCc1cccc(Oc2cc(OC)ccc2C#N)c1OC.O=C(O)/C=C/C(=O)O. The number of para-hydroxylation sites is 1. The Bertz CT molecular complexity index is 933. The molecule has 0 spiro atoms. The maximum atomic E-state index is 9.55. The Balaban J connectivity index is 0.000000479. The Kier molecular flexibility index (Phi) is 9.95. The minimum atomic E-state index is -1.26. The van der Waals surface area contributed by atoms with Crippen molar-refractivity contribution in [3.8, 4) is 29.1 Å². The second-order valence-electron chi connectivity index (χ2n) is 5.56. The Morgan fingerprint density at radius 2 is 1.73 bits per heavy atom. The Morgan fingerprint density at radius 1 is 1.07 bits per heavy atom. The summed E-state index contributed by atoms with van der Waals surface area (Å²) in [5, 5.41) is 27.9. The zero-order valence-corrected chi connectivity index (χ0v) is 16.7. The van der Waals surface area contributed by atoms with Crippen LogP contribution in [0, 0.1) is 11.3 Å². The number of hydrogen-bond acceptors (Lipinski definition) is 7. The minimum absolute atomic E-state index is 0.432. The number of rotatable bonds is 8. The molecule has 0 bridgehead atoms. The molecule has 0 aliphatic carbocycles. The molecule has 0 heterocycles. The summed E-state index contributed by atoms with van der Waals surface area (Å²) >= 11 is 0. The lowest BCUT2D eigenvalue weighted by Gasteiger charge is -2.15. The molecule has 9 heteroatoms. The van der Waals surface area contributed by atoms with Gasteiger partial charge in [-0.2, -0.15) is 5.26 Å². The molecule has 2 rings (SSSR count). The van der Waals surface area contributed by atoms with Crippen LogP contribution in [0.2, 0.25) is 0 Å². The van der Waals surface area contributed by atoms with Crippen molar-refractivity contribution < 1.29 is 34.0 Å². The largest absolute Gasteiger partial charge is 0.497 e. The number of nitrogens with zero attached hydrogens (tertiary/aromatic N) is 1. The average molecular weight is 414 g/mol. The average Bonchev–Trinajstić information content (AvgIpc) is 2.73. The summed E-state index contributed by atoms with van der Waals surface area (Å²) < 4.78 is 16.5. The lowest BCUT2D eigenvalue weighted by atomic mass is 10.1. The lowest BCUT2D eigenvalue weighted by molar-refractivity contribution is -0.134. The van der Waals surface area contributed by atoms with Gasteiger partial charge >= 0.3 is 11.9 Å². The van der Waals surface area contributed by atoms with E-state index in [0.29, 0.717) is 47.3 Å². The van der Waals surface area contributed by atoms with Gasteiger partial charge in [-0.1, -0.05) is 12.1 Å². The summed E-state index contributed by atoms with van der Waals surface area (Å²) in [5.41, 5.74) is 1.41. The fraction of sp³-hybridized carbons (Fsp3) is 0.190. The number of benzene rings is 2. The van der Waals surface area contributed by atoms with Crippen LogP contribution in [-0.4, -0.2) is 43.4 Å². The van der Waals surface area contributed by atoms with Crippen LogP contribution in [0.5, 0.6) is 23.0 Å². The van der Waals surface area contributed by atoms with E-state index in [1.54, 1.807) is 38.5 Å². The van der Waals surface area contributed by atoms with E-state index in [9.17, 15) is 14.9 Å². The standard InChI is InChI=1S/C17H18N2O3.C4H4O4/c1-19-11-13-5-4-6-15(17(13)21-3)22-16-9-14(20-2)8-7-12(16)10-18;5-3(6)1-2-4(7)8/h4-9,19H,11H2,1-3H3;1-2H,(H,5,6)(H,7,8)/b;2-1+. The number of aliphatic carboxylic acids is 2. The van der Waals surface area contributed by atoms with Gasteiger partial charge in [0.1, 0.15) is 17.6 Å². The van der Waals surface area contributed by atoms with Crippen LogP contribution in [-0.2, 0) is 16.1 Å². The summed E-state index contributed by atoms with van der Waals surface area (Å²) in [6, 6.07) is 12.8. The maximum Gasteiger partial charge on any atom is 0.328 e. The van der Waals surface area contributed by atoms with E-state index in [1.165, 1.54) is 0 Å². The van der Waals surface area contributed by atoms with Gasteiger partial charge in [-0.05, 0) is 25.2 Å². The van der Waals surface area contributed by atoms with Crippen LogP contribution in [0.1, 0.15) is 11.1 Å². The molecule has 30 heavy (non-hydrogen) atoms. The predicted molar refractivity (Wildman–Crippen MR) is 108 cm³/mol. The fourth-order valence-corrected chi connectivity index (χ4v) is 2.27. The quantitative estimate of drug-likeness (QED) is 0.557. The number of carbonyl (C=O) groups is 2. The molecule has 158 valence electrons. The number of nitriles is 1. The van der Waals surface area contributed by atoms with Crippen LogP contribution < -0.4 is 19.5 Å². The molecular formula is C21H22N2O7. The van der Waals surface area contributed by atoms with E-state index in [4.69, 9.17) is 24.4 Å². The lowest BCUT2D eigenvalue weighted by Crippen LogP contribution is -2.07. The second-order valence-corrected chi connectivity index (χ2v) is 5.56. The zero-order chi connectivity index (χ0) is 22.5. The van der Waals surface area contributed by atoms with Gasteiger partial charge in [0.2, 0.25) is 0 Å². The highest BCUT2D eigenvalue weighted by Gasteiger charge is 2.13. The van der Waals surface area contributed by atoms with E-state index in [-0.39, 0.29) is 0 Å². The summed E-state index contributed by atoms with van der Waals surface area (Å²) in [5.74, 6) is -0.260. The molecule has 9 nitrogen and oxygen atoms in total. The molecule has 3 N–H and O–H groups in total. The third-order valence-electron chi connectivity index (χ3n) is 3.53. The summed E-state index contributed by atoms with van der Waals surface area (Å²) in [7, 11) is 5.03. The van der Waals surface area contributed by atoms with Crippen molar-refractivity contribution >= 4 is 11.9 Å². The highest BCUT2D eigenvalue weighted by atomic mass is 16.5. The van der Waals surface area contributed by atoms with Gasteiger partial charge in [-0.3, -0.25) is 0 Å². The van der Waals surface area contributed by atoms with Crippen molar-refractivity contribution in [2.75, 3.05) is 21.3 Å². The topological polar surface area (TPSA) is 138 Å². The minimum Gasteiger partial charge on any atom is -0.497 e. The van der Waals surface area contributed by atoms with Gasteiger partial charge in [0.05, 0.1) is 19.8 Å². The Labute approximate surface area is 173 Å². The molecule has 0 atom stereocenters. The molecule has 0 aliphatic heterocycles. The fourth-order valence-electron chi connectivity index (χ4n) is 2.27. The van der Waals surface area contributed by atoms with Crippen LogP contribution in [0.25, 0.3) is 0 Å². The van der Waals surface area contributed by atoms with Crippen LogP contribution in [0.3, 0.4) is 0 Å². The van der Waals surface area contributed by atoms with Crippen molar-refractivity contribution in [1.29, 1.82) is 5.26 Å².